The molecule has 0 saturated carbocycles. The molecule has 0 aliphatic carbocycles. The third-order valence-corrected chi connectivity index (χ3v) is 11.4. The number of hydrogen-bond donors (Lipinski definition) is 1. The van der Waals surface area contributed by atoms with Gasteiger partial charge in [-0.25, -0.2) is 16.8 Å². The van der Waals surface area contributed by atoms with Crippen molar-refractivity contribution in [3.05, 3.63) is 112 Å². The highest BCUT2D eigenvalue weighted by Gasteiger charge is 2.33. The van der Waals surface area contributed by atoms with E-state index in [1.807, 2.05) is 6.07 Å². The molecule has 2 aliphatic rings. The number of nitrogens with one attached hydrogen (secondary N) is 1. The second kappa shape index (κ2) is 10.4. The third kappa shape index (κ3) is 5.05. The van der Waals surface area contributed by atoms with Crippen LogP contribution in [0.25, 0.3) is 0 Å². The van der Waals surface area contributed by atoms with Gasteiger partial charge in [-0.15, -0.1) is 0 Å². The number of nitrogens with zero attached hydrogens (tertiary/aromatic N) is 2. The average Bonchev–Trinajstić information content (AvgIpc) is 3.58. The van der Waals surface area contributed by atoms with Crippen molar-refractivity contribution in [2.24, 2.45) is 0 Å². The van der Waals surface area contributed by atoms with Crippen LogP contribution in [0.2, 0.25) is 10.0 Å². The van der Waals surface area contributed by atoms with Crippen LogP contribution in [0.15, 0.2) is 94.7 Å². The maximum atomic E-state index is 13.3. The van der Waals surface area contributed by atoms with Crippen LogP contribution < -0.4 is 13.9 Å². The van der Waals surface area contributed by atoms with Gasteiger partial charge in [-0.2, -0.15) is 0 Å². The number of amides is 1. The second-order valence-electron chi connectivity index (χ2n) is 9.70. The molecule has 41 heavy (non-hydrogen) atoms. The average molecular weight is 629 g/mol. The summed E-state index contributed by atoms with van der Waals surface area (Å²) in [5.74, 6) is -0.392. The van der Waals surface area contributed by atoms with E-state index in [1.54, 1.807) is 30.3 Å². The van der Waals surface area contributed by atoms with Gasteiger partial charge in [0, 0.05) is 34.4 Å². The van der Waals surface area contributed by atoms with Gasteiger partial charge in [0.2, 0.25) is 0 Å². The number of hydrogen-bond acceptors (Lipinski definition) is 5. The molecule has 12 heteroatoms. The lowest BCUT2D eigenvalue weighted by atomic mass is 10.1. The van der Waals surface area contributed by atoms with Crippen LogP contribution in [0.5, 0.6) is 0 Å². The summed E-state index contributed by atoms with van der Waals surface area (Å²) in [5, 5.41) is 3.74. The van der Waals surface area contributed by atoms with Crippen molar-refractivity contribution in [3.8, 4) is 0 Å². The van der Waals surface area contributed by atoms with Gasteiger partial charge in [0.1, 0.15) is 0 Å². The van der Waals surface area contributed by atoms with Gasteiger partial charge in [0.25, 0.3) is 26.0 Å². The van der Waals surface area contributed by atoms with Crippen molar-refractivity contribution in [1.82, 2.24) is 0 Å². The number of carbonyl (C=O) groups is 1. The van der Waals surface area contributed by atoms with Crippen LogP contribution in [0.1, 0.15) is 21.5 Å². The molecule has 0 bridgehead atoms. The van der Waals surface area contributed by atoms with E-state index < -0.39 is 26.0 Å². The van der Waals surface area contributed by atoms with E-state index in [1.165, 1.54) is 57.1 Å². The Morgan fingerprint density at radius 1 is 0.634 bits per heavy atom. The Labute approximate surface area is 248 Å². The maximum Gasteiger partial charge on any atom is 0.264 e. The number of benzene rings is 4. The van der Waals surface area contributed by atoms with E-state index in [4.69, 9.17) is 23.2 Å². The molecule has 2 heterocycles. The first-order chi connectivity index (χ1) is 19.5. The van der Waals surface area contributed by atoms with Crippen molar-refractivity contribution >= 4 is 66.2 Å². The molecular formula is C29H23Cl2N3O5S2. The first-order valence-electron chi connectivity index (χ1n) is 12.7. The Morgan fingerprint density at radius 2 is 1.17 bits per heavy atom. The molecule has 0 radical (unpaired) electrons. The molecule has 210 valence electrons. The van der Waals surface area contributed by atoms with Gasteiger partial charge in [-0.3, -0.25) is 13.4 Å². The lowest BCUT2D eigenvalue weighted by Gasteiger charge is -2.20. The minimum absolute atomic E-state index is 0.134. The van der Waals surface area contributed by atoms with Crippen molar-refractivity contribution in [2.75, 3.05) is 27.0 Å². The highest BCUT2D eigenvalue weighted by atomic mass is 35.5. The molecule has 4 aromatic rings. The molecule has 1 N–H and O–H groups in total. The molecular weight excluding hydrogens is 605 g/mol. The summed E-state index contributed by atoms with van der Waals surface area (Å²) in [6.45, 7) is 0.548. The van der Waals surface area contributed by atoms with E-state index in [2.05, 4.69) is 5.32 Å². The fraction of sp³-hybridized carbons (Fsp3) is 0.138. The highest BCUT2D eigenvalue weighted by molar-refractivity contribution is 7.93. The monoisotopic (exact) mass is 627 g/mol. The van der Waals surface area contributed by atoms with Gasteiger partial charge in [-0.1, -0.05) is 29.3 Å². The summed E-state index contributed by atoms with van der Waals surface area (Å²) < 4.78 is 55.7. The first kappa shape index (κ1) is 27.6. The fourth-order valence-corrected chi connectivity index (χ4v) is 8.36. The number of rotatable bonds is 6. The van der Waals surface area contributed by atoms with Gasteiger partial charge in [-0.05, 0) is 103 Å². The van der Waals surface area contributed by atoms with Crippen LogP contribution >= 0.6 is 23.2 Å². The van der Waals surface area contributed by atoms with Gasteiger partial charge < -0.3 is 5.32 Å². The van der Waals surface area contributed by atoms with E-state index in [0.29, 0.717) is 45.5 Å². The standard InChI is InChI=1S/C29H23Cl2N3O5S2/c30-22-3-8-25(9-4-22)40(36,37)33-16-14-20-17-21(2-12-27(20)33)29(35)32-24-7-1-19-13-15-34(28(19)18-24)41(38,39)26-10-5-23(31)6-11-26/h1-12,17-18H,13-16H2,(H,32,35). The van der Waals surface area contributed by atoms with Crippen LogP contribution in [0.4, 0.5) is 17.1 Å². The quantitative estimate of drug-likeness (QED) is 0.293. The second-order valence-corrected chi connectivity index (χ2v) is 14.3. The van der Waals surface area contributed by atoms with E-state index in [-0.39, 0.29) is 22.9 Å². The predicted molar refractivity (Wildman–Crippen MR) is 160 cm³/mol. The van der Waals surface area contributed by atoms with Crippen LogP contribution in [0, 0.1) is 0 Å². The highest BCUT2D eigenvalue weighted by Crippen LogP contribution is 2.36. The Hall–Kier alpha value is -3.57. The SMILES string of the molecule is O=C(Nc1ccc2c(c1)N(S(=O)(=O)c1ccc(Cl)cc1)CC2)c1ccc2c(c1)CCN2S(=O)(=O)c1ccc(Cl)cc1. The normalized spacial score (nSPS) is 14.6. The Kier molecular flexibility index (Phi) is 6.97. The molecule has 0 atom stereocenters. The van der Waals surface area contributed by atoms with Crippen LogP contribution in [-0.4, -0.2) is 35.8 Å². The van der Waals surface area contributed by atoms with Crippen molar-refractivity contribution < 1.29 is 21.6 Å². The number of halogens is 2. The van der Waals surface area contributed by atoms with Gasteiger partial charge in [0.05, 0.1) is 21.2 Å². The molecule has 1 amide bonds. The smallest absolute Gasteiger partial charge is 0.264 e. The van der Waals surface area contributed by atoms with Crippen molar-refractivity contribution in [2.45, 2.75) is 22.6 Å². The summed E-state index contributed by atoms with van der Waals surface area (Å²) in [4.78, 5) is 13.5. The molecule has 2 aliphatic heterocycles. The number of carbonyl (C=O) groups excluding carboxylic acids is 1. The minimum Gasteiger partial charge on any atom is -0.322 e. The zero-order chi connectivity index (χ0) is 28.9. The van der Waals surface area contributed by atoms with Crippen LogP contribution in [-0.2, 0) is 32.9 Å². The molecule has 0 unspecified atom stereocenters. The largest absolute Gasteiger partial charge is 0.322 e. The molecule has 0 saturated heterocycles. The summed E-state index contributed by atoms with van der Waals surface area (Å²) in [5.41, 5.74) is 3.44. The summed E-state index contributed by atoms with van der Waals surface area (Å²) in [7, 11) is -7.59. The third-order valence-electron chi connectivity index (χ3n) is 7.19. The van der Waals surface area contributed by atoms with Crippen LogP contribution in [0.3, 0.4) is 0 Å². The zero-order valence-electron chi connectivity index (χ0n) is 21.4. The van der Waals surface area contributed by atoms with E-state index in [9.17, 15) is 21.6 Å². The number of anilines is 3. The molecule has 4 aromatic carbocycles. The van der Waals surface area contributed by atoms with Gasteiger partial charge in [0.15, 0.2) is 0 Å². The Bertz CT molecular complexity index is 1900. The summed E-state index contributed by atoms with van der Waals surface area (Å²) in [6.07, 6.45) is 1.01. The van der Waals surface area contributed by atoms with Crippen molar-refractivity contribution in [3.63, 3.8) is 0 Å². The zero-order valence-corrected chi connectivity index (χ0v) is 24.6. The Morgan fingerprint density at radius 3 is 1.76 bits per heavy atom. The molecule has 0 aromatic heterocycles. The number of fused-ring (bicyclic) bond motifs is 2. The molecule has 8 nitrogen and oxygen atoms in total. The lowest BCUT2D eigenvalue weighted by molar-refractivity contribution is 0.102. The molecule has 0 spiro atoms. The minimum atomic E-state index is -3.81. The van der Waals surface area contributed by atoms with Crippen molar-refractivity contribution in [1.29, 1.82) is 0 Å². The van der Waals surface area contributed by atoms with E-state index >= 15 is 0 Å². The molecule has 0 fully saturated rings. The first-order valence-corrected chi connectivity index (χ1v) is 16.3. The maximum absolute atomic E-state index is 13.3. The predicted octanol–water partition coefficient (Wildman–Crippen LogP) is 5.75. The number of sulfonamides is 2. The lowest BCUT2D eigenvalue weighted by Crippen LogP contribution is -2.29. The summed E-state index contributed by atoms with van der Waals surface area (Å²) in [6, 6.07) is 22.1. The molecule has 6 rings (SSSR count). The fourth-order valence-electron chi connectivity index (χ4n) is 5.11. The van der Waals surface area contributed by atoms with E-state index in [0.717, 1.165) is 11.1 Å². The summed E-state index contributed by atoms with van der Waals surface area (Å²) >= 11 is 11.8. The topological polar surface area (TPSA) is 104 Å². The van der Waals surface area contributed by atoms with Gasteiger partial charge >= 0.3 is 0 Å². The Balaban J connectivity index is 1.22.